The Kier molecular flexibility index (Phi) is 5.52. The van der Waals surface area contributed by atoms with Gasteiger partial charge in [-0.25, -0.2) is 0 Å². The first-order valence-corrected chi connectivity index (χ1v) is 15.1. The van der Waals surface area contributed by atoms with Crippen LogP contribution in [0.4, 0.5) is 0 Å². The largest absolute Gasteiger partial charge is 0.447 e. The summed E-state index contributed by atoms with van der Waals surface area (Å²) >= 11 is 0. The number of benzene rings is 4. The highest BCUT2D eigenvalue weighted by molar-refractivity contribution is 8.01. The van der Waals surface area contributed by atoms with Gasteiger partial charge in [-0.1, -0.05) is 55.0 Å². The van der Waals surface area contributed by atoms with E-state index in [-0.39, 0.29) is 21.8 Å². The van der Waals surface area contributed by atoms with Gasteiger partial charge in [0.25, 0.3) is 0 Å². The van der Waals surface area contributed by atoms with Crippen LogP contribution in [0.15, 0.2) is 117 Å². The Bertz CT molecular complexity index is 1190. The summed E-state index contributed by atoms with van der Waals surface area (Å²) < 4.78 is 12.8. The lowest BCUT2D eigenvalue weighted by atomic mass is 10.2. The van der Waals surface area contributed by atoms with Gasteiger partial charge in [-0.05, 0) is 61.4 Å². The zero-order chi connectivity index (χ0) is 23.2. The van der Waals surface area contributed by atoms with Crippen LogP contribution in [0.2, 0.25) is 0 Å². The molecule has 2 atom stereocenters. The highest BCUT2D eigenvalue weighted by atomic mass is 32.2. The third kappa shape index (κ3) is 3.66. The molecule has 0 radical (unpaired) electrons. The Labute approximate surface area is 213 Å². The maximum absolute atomic E-state index is 6.41. The summed E-state index contributed by atoms with van der Waals surface area (Å²) in [5.41, 5.74) is 0. The predicted molar refractivity (Wildman–Crippen MR) is 144 cm³/mol. The van der Waals surface area contributed by atoms with Crippen molar-refractivity contribution in [3.05, 3.63) is 97.1 Å². The van der Waals surface area contributed by atoms with Gasteiger partial charge in [-0.2, -0.15) is 0 Å². The van der Waals surface area contributed by atoms with Gasteiger partial charge in [0, 0.05) is 12.8 Å². The van der Waals surface area contributed by atoms with E-state index < -0.39 is 0 Å². The molecule has 0 N–H and O–H groups in total. The van der Waals surface area contributed by atoms with E-state index in [2.05, 4.69) is 97.1 Å². The second-order valence-corrected chi connectivity index (χ2v) is 13.7. The summed E-state index contributed by atoms with van der Waals surface area (Å²) in [6, 6.07) is 35.0. The average Bonchev–Trinajstić information content (AvgIpc) is 3.16. The molecule has 4 aromatic rings. The van der Waals surface area contributed by atoms with Crippen molar-refractivity contribution in [2.24, 2.45) is 0 Å². The normalized spacial score (nSPS) is 21.4. The molecule has 2 unspecified atom stereocenters. The maximum Gasteiger partial charge on any atom is 0.203 e. The molecule has 35 heavy (non-hydrogen) atoms. The van der Waals surface area contributed by atoms with Crippen molar-refractivity contribution in [2.75, 3.05) is 0 Å². The van der Waals surface area contributed by atoms with Crippen molar-refractivity contribution in [1.82, 2.24) is 0 Å². The van der Waals surface area contributed by atoms with Crippen LogP contribution in [0.3, 0.4) is 0 Å². The molecule has 2 aliphatic heterocycles. The van der Waals surface area contributed by atoms with Crippen LogP contribution < -0.4 is 9.47 Å². The molecule has 0 saturated heterocycles. The molecule has 174 valence electrons. The molecular weight excluding hydrogens is 468 g/mol. The van der Waals surface area contributed by atoms with E-state index >= 15 is 0 Å². The van der Waals surface area contributed by atoms with Crippen LogP contribution >= 0.6 is 0 Å². The van der Waals surface area contributed by atoms with Gasteiger partial charge in [-0.3, -0.25) is 0 Å². The van der Waals surface area contributed by atoms with Gasteiger partial charge < -0.3 is 9.47 Å². The van der Waals surface area contributed by atoms with Crippen molar-refractivity contribution in [3.8, 4) is 23.0 Å². The number of ether oxygens (including phenoxy) is 2. The van der Waals surface area contributed by atoms with Crippen molar-refractivity contribution in [3.63, 3.8) is 0 Å². The van der Waals surface area contributed by atoms with E-state index in [1.165, 1.54) is 51.7 Å². The summed E-state index contributed by atoms with van der Waals surface area (Å²) in [5.74, 6) is 4.14. The summed E-state index contributed by atoms with van der Waals surface area (Å²) in [6.07, 6.45) is 6.43. The molecule has 2 nitrogen and oxygen atoms in total. The smallest absolute Gasteiger partial charge is 0.203 e. The van der Waals surface area contributed by atoms with Gasteiger partial charge >= 0.3 is 0 Å². The molecule has 0 aromatic heterocycles. The summed E-state index contributed by atoms with van der Waals surface area (Å²) in [6.45, 7) is 0. The van der Waals surface area contributed by atoms with E-state index in [4.69, 9.17) is 9.47 Å². The Morgan fingerprint density at radius 3 is 1.09 bits per heavy atom. The molecule has 3 aliphatic rings. The van der Waals surface area contributed by atoms with Crippen LogP contribution in [0.1, 0.15) is 32.1 Å². The van der Waals surface area contributed by atoms with Gasteiger partial charge in [0.15, 0.2) is 33.5 Å². The lowest BCUT2D eigenvalue weighted by Gasteiger charge is -2.30. The predicted octanol–water partition coefficient (Wildman–Crippen LogP) is 8.37. The van der Waals surface area contributed by atoms with Gasteiger partial charge in [0.05, 0.1) is 21.8 Å². The average molecular weight is 497 g/mol. The van der Waals surface area contributed by atoms with Crippen LogP contribution in [0.5, 0.6) is 23.0 Å². The Balaban J connectivity index is 1.42. The lowest BCUT2D eigenvalue weighted by molar-refractivity contribution is 0.450. The van der Waals surface area contributed by atoms with Crippen LogP contribution in [-0.4, -0.2) is 10.5 Å². The topological polar surface area (TPSA) is 18.5 Å². The fourth-order valence-corrected chi connectivity index (χ4v) is 12.1. The van der Waals surface area contributed by atoms with E-state index in [1.54, 1.807) is 0 Å². The molecule has 7 rings (SSSR count). The standard InChI is InChI=1S/C31H28O2S2/c1-2-20-30(34-26-16-8-4-12-22(26)32-23-13-5-9-17-27(23)34)31(21-3-1)35-28-18-10-6-14-24(28)33-25-15-7-11-19-29(25)35/h4-19,30-31H,1-3,20-21H2/q+2. The Morgan fingerprint density at radius 1 is 0.429 bits per heavy atom. The van der Waals surface area contributed by atoms with Crippen molar-refractivity contribution in [1.29, 1.82) is 0 Å². The minimum atomic E-state index is -0.0363. The second-order valence-electron chi connectivity index (χ2n) is 9.38. The van der Waals surface area contributed by atoms with Gasteiger partial charge in [0.1, 0.15) is 0 Å². The zero-order valence-corrected chi connectivity index (χ0v) is 21.2. The second kappa shape index (κ2) is 9.00. The molecule has 4 heteroatoms. The first kappa shape index (κ1) is 21.5. The quantitative estimate of drug-likeness (QED) is 0.205. The Hall–Kier alpha value is -2.82. The van der Waals surface area contributed by atoms with E-state index in [0.717, 1.165) is 23.0 Å². The first-order valence-electron chi connectivity index (χ1n) is 12.6. The molecule has 2 heterocycles. The van der Waals surface area contributed by atoms with Gasteiger partial charge in [-0.15, -0.1) is 0 Å². The summed E-state index contributed by atoms with van der Waals surface area (Å²) in [4.78, 5) is 5.51. The fraction of sp³-hybridized carbons (Fsp3) is 0.226. The van der Waals surface area contributed by atoms with Crippen molar-refractivity contribution < 1.29 is 9.47 Å². The highest BCUT2D eigenvalue weighted by Crippen LogP contribution is 2.53. The summed E-state index contributed by atoms with van der Waals surface area (Å²) in [7, 11) is -0.0726. The first-order chi connectivity index (χ1) is 17.4. The van der Waals surface area contributed by atoms with E-state index in [1.807, 2.05) is 0 Å². The number of fused-ring (bicyclic) bond motifs is 4. The number of rotatable bonds is 2. The van der Waals surface area contributed by atoms with E-state index in [0.29, 0.717) is 10.5 Å². The molecular formula is C31H28O2S2+2. The molecule has 0 spiro atoms. The molecule has 1 saturated carbocycles. The molecule has 4 aromatic carbocycles. The Morgan fingerprint density at radius 2 is 0.743 bits per heavy atom. The molecule has 0 bridgehead atoms. The maximum atomic E-state index is 6.41. The third-order valence-electron chi connectivity index (χ3n) is 7.28. The number of para-hydroxylation sites is 4. The van der Waals surface area contributed by atoms with Gasteiger partial charge in [0.2, 0.25) is 19.6 Å². The monoisotopic (exact) mass is 496 g/mol. The van der Waals surface area contributed by atoms with Crippen LogP contribution in [0.25, 0.3) is 0 Å². The zero-order valence-electron chi connectivity index (χ0n) is 19.6. The van der Waals surface area contributed by atoms with Crippen molar-refractivity contribution >= 4 is 21.8 Å². The molecule has 1 aliphatic carbocycles. The van der Waals surface area contributed by atoms with Crippen LogP contribution in [-0.2, 0) is 21.8 Å². The highest BCUT2D eigenvalue weighted by Gasteiger charge is 2.56. The van der Waals surface area contributed by atoms with Crippen LogP contribution in [0, 0.1) is 0 Å². The number of hydrogen-bond acceptors (Lipinski definition) is 2. The number of hydrogen-bond donors (Lipinski definition) is 0. The third-order valence-corrected chi connectivity index (χ3v) is 13.0. The minimum Gasteiger partial charge on any atom is -0.447 e. The molecule has 0 amide bonds. The lowest BCUT2D eigenvalue weighted by Crippen LogP contribution is -2.41. The SMILES string of the molecule is c1ccc2c(c1)Oc1ccccc1[S+]2C1CCCCCC1[S+]1c2ccccc2Oc2ccccc21. The van der Waals surface area contributed by atoms with Crippen molar-refractivity contribution in [2.45, 2.75) is 62.2 Å². The summed E-state index contributed by atoms with van der Waals surface area (Å²) in [5, 5.41) is 1.12. The van der Waals surface area contributed by atoms with E-state index in [9.17, 15) is 0 Å². The molecule has 1 fully saturated rings. The fourth-order valence-electron chi connectivity index (χ4n) is 5.77. The minimum absolute atomic E-state index is 0.0363.